The standard InChI is InChI=1S/C14H19ClN2OS/c15-7-13(18)12-9-19-14(16-12)17-6-5-10-3-1-2-4-11(10)8-17/h9-11H,1-8H2. The summed E-state index contributed by atoms with van der Waals surface area (Å²) in [5, 5.41) is 2.84. The van der Waals surface area contributed by atoms with Crippen molar-refractivity contribution in [3.8, 4) is 0 Å². The molecule has 0 radical (unpaired) electrons. The van der Waals surface area contributed by atoms with Gasteiger partial charge in [-0.05, 0) is 24.7 Å². The molecule has 0 amide bonds. The average Bonchev–Trinajstić information content (AvgIpc) is 2.95. The maximum absolute atomic E-state index is 11.5. The van der Waals surface area contributed by atoms with Crippen LogP contribution in [0.2, 0.25) is 0 Å². The van der Waals surface area contributed by atoms with Crippen molar-refractivity contribution in [2.24, 2.45) is 11.8 Å². The minimum atomic E-state index is -0.0725. The van der Waals surface area contributed by atoms with Crippen LogP contribution in [0.5, 0.6) is 0 Å². The SMILES string of the molecule is O=C(CCl)c1csc(N2CCC3CCCCC3C2)n1. The molecule has 1 saturated carbocycles. The van der Waals surface area contributed by atoms with Crippen LogP contribution in [0, 0.1) is 11.8 Å². The third kappa shape index (κ3) is 2.79. The summed E-state index contributed by atoms with van der Waals surface area (Å²) in [6, 6.07) is 0. The molecule has 2 atom stereocenters. The molecule has 1 aliphatic carbocycles. The molecule has 3 nitrogen and oxygen atoms in total. The van der Waals surface area contributed by atoms with E-state index in [4.69, 9.17) is 11.6 Å². The van der Waals surface area contributed by atoms with Gasteiger partial charge in [0, 0.05) is 18.5 Å². The lowest BCUT2D eigenvalue weighted by Gasteiger charge is -2.41. The van der Waals surface area contributed by atoms with Gasteiger partial charge in [-0.1, -0.05) is 19.3 Å². The summed E-state index contributed by atoms with van der Waals surface area (Å²) in [6.45, 7) is 2.20. The number of alkyl halides is 1. The number of carbonyl (C=O) groups excluding carboxylic acids is 1. The van der Waals surface area contributed by atoms with Crippen LogP contribution >= 0.6 is 22.9 Å². The van der Waals surface area contributed by atoms with Gasteiger partial charge in [-0.2, -0.15) is 0 Å². The van der Waals surface area contributed by atoms with E-state index in [1.807, 2.05) is 5.38 Å². The van der Waals surface area contributed by atoms with E-state index in [1.54, 1.807) is 11.3 Å². The molecule has 3 rings (SSSR count). The Morgan fingerprint density at radius 2 is 2.16 bits per heavy atom. The molecule has 0 N–H and O–H groups in total. The number of carbonyl (C=O) groups is 1. The fourth-order valence-corrected chi connectivity index (χ4v) is 4.38. The molecular weight excluding hydrogens is 280 g/mol. The Kier molecular flexibility index (Phi) is 4.08. The van der Waals surface area contributed by atoms with Crippen molar-refractivity contribution < 1.29 is 4.79 Å². The summed E-state index contributed by atoms with van der Waals surface area (Å²) < 4.78 is 0. The van der Waals surface area contributed by atoms with Crippen LogP contribution in [0.1, 0.15) is 42.6 Å². The van der Waals surface area contributed by atoms with Crippen molar-refractivity contribution >= 4 is 33.9 Å². The van der Waals surface area contributed by atoms with Crippen molar-refractivity contribution in [2.75, 3.05) is 23.9 Å². The summed E-state index contributed by atoms with van der Waals surface area (Å²) in [5.74, 6) is 1.71. The number of fused-ring (bicyclic) bond motifs is 1. The quantitative estimate of drug-likeness (QED) is 0.632. The molecule has 1 aromatic rings. The molecule has 2 heterocycles. The lowest BCUT2D eigenvalue weighted by atomic mass is 9.75. The fourth-order valence-electron chi connectivity index (χ4n) is 3.38. The van der Waals surface area contributed by atoms with Gasteiger partial charge in [-0.3, -0.25) is 4.79 Å². The van der Waals surface area contributed by atoms with Gasteiger partial charge in [0.05, 0.1) is 5.88 Å². The Bertz CT molecular complexity index is 462. The highest BCUT2D eigenvalue weighted by Gasteiger charge is 2.32. The van der Waals surface area contributed by atoms with Gasteiger partial charge < -0.3 is 4.90 Å². The maximum atomic E-state index is 11.5. The summed E-state index contributed by atoms with van der Waals surface area (Å²) in [5.41, 5.74) is 0.528. The van der Waals surface area contributed by atoms with Crippen LogP contribution in [0.4, 0.5) is 5.13 Å². The minimum absolute atomic E-state index is 0.0217. The minimum Gasteiger partial charge on any atom is -0.348 e. The lowest BCUT2D eigenvalue weighted by Crippen LogP contribution is -2.41. The highest BCUT2D eigenvalue weighted by molar-refractivity contribution is 7.14. The summed E-state index contributed by atoms with van der Waals surface area (Å²) in [6.07, 6.45) is 6.84. The van der Waals surface area contributed by atoms with E-state index >= 15 is 0 Å². The van der Waals surface area contributed by atoms with E-state index < -0.39 is 0 Å². The molecule has 1 saturated heterocycles. The Labute approximate surface area is 123 Å². The number of hydrogen-bond acceptors (Lipinski definition) is 4. The van der Waals surface area contributed by atoms with Crippen molar-refractivity contribution in [2.45, 2.75) is 32.1 Å². The molecule has 2 fully saturated rings. The molecule has 104 valence electrons. The number of rotatable bonds is 3. The smallest absolute Gasteiger partial charge is 0.196 e. The summed E-state index contributed by atoms with van der Waals surface area (Å²) in [4.78, 5) is 18.3. The lowest BCUT2D eigenvalue weighted by molar-refractivity contribution is 0.101. The first-order chi connectivity index (χ1) is 9.28. The van der Waals surface area contributed by atoms with Crippen molar-refractivity contribution in [3.63, 3.8) is 0 Å². The van der Waals surface area contributed by atoms with E-state index in [-0.39, 0.29) is 11.7 Å². The highest BCUT2D eigenvalue weighted by atomic mass is 35.5. The Hall–Kier alpha value is -0.610. The van der Waals surface area contributed by atoms with Gasteiger partial charge in [0.25, 0.3) is 0 Å². The van der Waals surface area contributed by atoms with Gasteiger partial charge >= 0.3 is 0 Å². The van der Waals surface area contributed by atoms with Crippen molar-refractivity contribution in [3.05, 3.63) is 11.1 Å². The normalized spacial score (nSPS) is 27.1. The zero-order valence-electron chi connectivity index (χ0n) is 11.0. The number of ketones is 1. The monoisotopic (exact) mass is 298 g/mol. The van der Waals surface area contributed by atoms with Crippen LogP contribution < -0.4 is 4.90 Å². The van der Waals surface area contributed by atoms with Crippen molar-refractivity contribution in [1.82, 2.24) is 4.98 Å². The molecule has 0 spiro atoms. The number of halogens is 1. The molecule has 1 aromatic heterocycles. The molecule has 2 aliphatic rings. The van der Waals surface area contributed by atoms with Crippen LogP contribution in [-0.4, -0.2) is 29.7 Å². The molecule has 1 aliphatic heterocycles. The maximum Gasteiger partial charge on any atom is 0.196 e. The zero-order chi connectivity index (χ0) is 13.2. The van der Waals surface area contributed by atoms with Crippen LogP contribution in [-0.2, 0) is 0 Å². The number of aromatic nitrogens is 1. The predicted octanol–water partition coefficient (Wildman–Crippen LogP) is 3.58. The third-order valence-corrected chi connectivity index (χ3v) is 5.60. The van der Waals surface area contributed by atoms with E-state index in [2.05, 4.69) is 9.88 Å². The second kappa shape index (κ2) is 5.80. The van der Waals surface area contributed by atoms with Gasteiger partial charge in [0.15, 0.2) is 10.9 Å². The summed E-state index contributed by atoms with van der Waals surface area (Å²) >= 11 is 7.15. The topological polar surface area (TPSA) is 33.2 Å². The zero-order valence-corrected chi connectivity index (χ0v) is 12.6. The highest BCUT2D eigenvalue weighted by Crippen LogP contribution is 2.38. The first kappa shape index (κ1) is 13.4. The van der Waals surface area contributed by atoms with Crippen LogP contribution in [0.15, 0.2) is 5.38 Å². The molecule has 5 heteroatoms. The predicted molar refractivity (Wildman–Crippen MR) is 79.4 cm³/mol. The molecule has 0 aromatic carbocycles. The molecule has 0 bridgehead atoms. The van der Waals surface area contributed by atoms with E-state index in [0.717, 1.165) is 30.1 Å². The Morgan fingerprint density at radius 3 is 2.95 bits per heavy atom. The fraction of sp³-hybridized carbons (Fsp3) is 0.714. The Morgan fingerprint density at radius 1 is 1.37 bits per heavy atom. The van der Waals surface area contributed by atoms with E-state index in [9.17, 15) is 4.79 Å². The van der Waals surface area contributed by atoms with E-state index in [0.29, 0.717) is 5.69 Å². The van der Waals surface area contributed by atoms with Gasteiger partial charge in [-0.15, -0.1) is 22.9 Å². The van der Waals surface area contributed by atoms with E-state index in [1.165, 1.54) is 32.1 Å². The average molecular weight is 299 g/mol. The third-order valence-electron chi connectivity index (χ3n) is 4.46. The number of Topliss-reactive ketones (excluding diaryl/α,β-unsaturated/α-hetero) is 1. The van der Waals surface area contributed by atoms with Gasteiger partial charge in [-0.25, -0.2) is 4.98 Å². The number of nitrogens with zero attached hydrogens (tertiary/aromatic N) is 2. The Balaban J connectivity index is 1.69. The second-order valence-corrected chi connectivity index (χ2v) is 6.72. The number of piperidine rings is 1. The van der Waals surface area contributed by atoms with Gasteiger partial charge in [0.2, 0.25) is 0 Å². The molecule has 19 heavy (non-hydrogen) atoms. The molecule has 2 unspecified atom stereocenters. The number of anilines is 1. The van der Waals surface area contributed by atoms with Crippen LogP contribution in [0.3, 0.4) is 0 Å². The number of thiazole rings is 1. The first-order valence-corrected chi connectivity index (χ1v) is 8.49. The summed E-state index contributed by atoms with van der Waals surface area (Å²) in [7, 11) is 0. The second-order valence-electron chi connectivity index (χ2n) is 5.61. The molecular formula is C14H19ClN2OS. The first-order valence-electron chi connectivity index (χ1n) is 7.07. The van der Waals surface area contributed by atoms with Gasteiger partial charge in [0.1, 0.15) is 5.69 Å². The van der Waals surface area contributed by atoms with Crippen molar-refractivity contribution in [1.29, 1.82) is 0 Å². The number of hydrogen-bond donors (Lipinski definition) is 0. The van der Waals surface area contributed by atoms with Crippen LogP contribution in [0.25, 0.3) is 0 Å². The largest absolute Gasteiger partial charge is 0.348 e.